The average molecular weight is 391 g/mol. The van der Waals surface area contributed by atoms with Crippen molar-refractivity contribution in [1.82, 2.24) is 9.97 Å². The van der Waals surface area contributed by atoms with Crippen molar-refractivity contribution in [2.75, 3.05) is 10.3 Å². The first kappa shape index (κ1) is 18.0. The van der Waals surface area contributed by atoms with Gasteiger partial charge in [0.25, 0.3) is 5.91 Å². The third-order valence-electron chi connectivity index (χ3n) is 4.19. The first-order valence-electron chi connectivity index (χ1n) is 8.75. The second-order valence-corrected chi connectivity index (χ2v) is 7.16. The third kappa shape index (κ3) is 3.81. The van der Waals surface area contributed by atoms with Gasteiger partial charge in [-0.25, -0.2) is 9.99 Å². The molecule has 3 heterocycles. The normalized spacial score (nSPS) is 14.0. The van der Waals surface area contributed by atoms with Gasteiger partial charge in [0, 0.05) is 24.4 Å². The molecule has 0 saturated carbocycles. The number of hydrogen-bond acceptors (Lipinski definition) is 6. The van der Waals surface area contributed by atoms with Crippen molar-refractivity contribution >= 4 is 39.7 Å². The topological polar surface area (TPSA) is 87.6 Å². The van der Waals surface area contributed by atoms with Crippen molar-refractivity contribution in [2.45, 2.75) is 19.8 Å². The van der Waals surface area contributed by atoms with Crippen LogP contribution in [0.5, 0.6) is 0 Å². The first-order chi connectivity index (χ1) is 13.6. The van der Waals surface area contributed by atoms with Gasteiger partial charge in [0.05, 0.1) is 11.4 Å². The number of amides is 2. The average Bonchev–Trinajstić information content (AvgIpc) is 3.17. The Kier molecular flexibility index (Phi) is 4.94. The number of carbonyl (C=O) groups excluding carboxylic acids is 2. The monoisotopic (exact) mass is 391 g/mol. The number of carbonyl (C=O) groups is 2. The van der Waals surface area contributed by atoms with Crippen LogP contribution in [-0.4, -0.2) is 27.5 Å². The summed E-state index contributed by atoms with van der Waals surface area (Å²) in [6.07, 6.45) is 2.23. The number of benzene rings is 1. The molecule has 0 unspecified atom stereocenters. The fraction of sp³-hybridized carbons (Fsp3) is 0.150. The molecular weight excluding hydrogens is 374 g/mol. The number of nitrogens with zero attached hydrogens (tertiary/aromatic N) is 4. The van der Waals surface area contributed by atoms with Crippen LogP contribution < -0.4 is 10.3 Å². The van der Waals surface area contributed by atoms with Crippen molar-refractivity contribution in [2.24, 2.45) is 5.10 Å². The van der Waals surface area contributed by atoms with Gasteiger partial charge in [-0.3, -0.25) is 19.9 Å². The lowest BCUT2D eigenvalue weighted by Gasteiger charge is -2.23. The Morgan fingerprint density at radius 2 is 2.04 bits per heavy atom. The van der Waals surface area contributed by atoms with Crippen molar-refractivity contribution in [1.29, 1.82) is 0 Å². The zero-order chi connectivity index (χ0) is 19.5. The molecule has 28 heavy (non-hydrogen) atoms. The van der Waals surface area contributed by atoms with Crippen LogP contribution >= 0.6 is 11.3 Å². The molecule has 2 aromatic heterocycles. The summed E-state index contributed by atoms with van der Waals surface area (Å²) >= 11 is 1.32. The van der Waals surface area contributed by atoms with E-state index in [1.165, 1.54) is 16.3 Å². The number of nitrogens with one attached hydrogen (secondary N) is 1. The molecule has 3 aromatic rings. The molecule has 4 rings (SSSR count). The van der Waals surface area contributed by atoms with Crippen LogP contribution in [0.4, 0.5) is 10.8 Å². The van der Waals surface area contributed by atoms with E-state index >= 15 is 0 Å². The maximum Gasteiger partial charge on any atom is 0.273 e. The molecule has 0 spiro atoms. The lowest BCUT2D eigenvalue weighted by molar-refractivity contribution is -0.118. The molecule has 1 aliphatic heterocycles. The lowest BCUT2D eigenvalue weighted by atomic mass is 10.1. The van der Waals surface area contributed by atoms with Gasteiger partial charge in [0.15, 0.2) is 5.13 Å². The zero-order valence-electron chi connectivity index (χ0n) is 15.1. The third-order valence-corrected chi connectivity index (χ3v) is 4.95. The van der Waals surface area contributed by atoms with Gasteiger partial charge in [-0.2, -0.15) is 5.10 Å². The van der Waals surface area contributed by atoms with E-state index in [1.807, 2.05) is 48.7 Å². The van der Waals surface area contributed by atoms with Gasteiger partial charge < -0.3 is 0 Å². The minimum absolute atomic E-state index is 0.131. The van der Waals surface area contributed by atoms with E-state index in [1.54, 1.807) is 12.3 Å². The number of rotatable bonds is 4. The van der Waals surface area contributed by atoms with E-state index in [4.69, 9.17) is 0 Å². The molecule has 0 aliphatic carbocycles. The lowest BCUT2D eigenvalue weighted by Crippen LogP contribution is -2.36. The van der Waals surface area contributed by atoms with E-state index in [9.17, 15) is 9.59 Å². The number of thiazole rings is 1. The Bertz CT molecular complexity index is 1060. The number of aryl methyl sites for hydroxylation is 1. The predicted molar refractivity (Wildman–Crippen MR) is 109 cm³/mol. The Labute approximate surface area is 165 Å². The number of hydrogen-bond donors (Lipinski definition) is 1. The second kappa shape index (κ2) is 7.69. The second-order valence-electron chi connectivity index (χ2n) is 6.30. The molecule has 7 nitrogen and oxygen atoms in total. The van der Waals surface area contributed by atoms with Gasteiger partial charge in [-0.15, -0.1) is 11.3 Å². The summed E-state index contributed by atoms with van der Waals surface area (Å²) < 4.78 is 0. The summed E-state index contributed by atoms with van der Waals surface area (Å²) in [6, 6.07) is 13.0. The van der Waals surface area contributed by atoms with Crippen molar-refractivity contribution < 1.29 is 9.59 Å². The van der Waals surface area contributed by atoms with Crippen LogP contribution in [0.15, 0.2) is 59.1 Å². The molecule has 1 aromatic carbocycles. The van der Waals surface area contributed by atoms with Gasteiger partial charge in [-0.1, -0.05) is 18.2 Å². The molecule has 0 radical (unpaired) electrons. The number of aromatic nitrogens is 2. The summed E-state index contributed by atoms with van der Waals surface area (Å²) in [5.41, 5.74) is 3.41. The highest BCUT2D eigenvalue weighted by atomic mass is 32.1. The molecular formula is C20H17N5O2S. The summed E-state index contributed by atoms with van der Waals surface area (Å²) in [5, 5.41) is 10.7. The molecule has 8 heteroatoms. The van der Waals surface area contributed by atoms with Crippen LogP contribution in [0, 0.1) is 6.92 Å². The smallest absolute Gasteiger partial charge is 0.273 e. The molecule has 0 atom stereocenters. The number of pyridine rings is 1. The molecule has 0 saturated heterocycles. The Balaban J connectivity index is 1.52. The quantitative estimate of drug-likeness (QED) is 0.736. The Morgan fingerprint density at radius 1 is 1.14 bits per heavy atom. The van der Waals surface area contributed by atoms with E-state index < -0.39 is 0 Å². The standard InChI is InChI=1S/C20H17N5O2S/c1-13-5-4-6-14(11-13)25-18(26)9-8-16(24-25)19(27)23-20-22-17(12-28-20)15-7-2-3-10-21-15/h2-7,10-12H,8-9H2,1H3,(H,22,23,27). The number of anilines is 2. The minimum atomic E-state index is -0.355. The van der Waals surface area contributed by atoms with Crippen LogP contribution in [0.25, 0.3) is 11.4 Å². The van der Waals surface area contributed by atoms with Gasteiger partial charge in [0.2, 0.25) is 5.91 Å². The molecule has 0 bridgehead atoms. The summed E-state index contributed by atoms with van der Waals surface area (Å²) in [4.78, 5) is 33.6. The minimum Gasteiger partial charge on any atom is -0.297 e. The first-order valence-corrected chi connectivity index (χ1v) is 9.63. The Hall–Kier alpha value is -3.39. The molecule has 1 N–H and O–H groups in total. The summed E-state index contributed by atoms with van der Waals surface area (Å²) in [6.45, 7) is 1.94. The Morgan fingerprint density at radius 3 is 2.82 bits per heavy atom. The predicted octanol–water partition coefficient (Wildman–Crippen LogP) is 3.64. The highest BCUT2D eigenvalue weighted by Gasteiger charge is 2.26. The molecule has 0 fully saturated rings. The summed E-state index contributed by atoms with van der Waals surface area (Å²) in [5.74, 6) is -0.485. The van der Waals surface area contributed by atoms with Gasteiger partial charge >= 0.3 is 0 Å². The highest BCUT2D eigenvalue weighted by molar-refractivity contribution is 7.14. The SMILES string of the molecule is Cc1cccc(N2N=C(C(=O)Nc3nc(-c4ccccn4)cs3)CCC2=O)c1. The fourth-order valence-corrected chi connectivity index (χ4v) is 3.51. The van der Waals surface area contributed by atoms with E-state index in [-0.39, 0.29) is 18.2 Å². The van der Waals surface area contributed by atoms with Crippen LogP contribution in [-0.2, 0) is 9.59 Å². The van der Waals surface area contributed by atoms with E-state index in [0.717, 1.165) is 11.3 Å². The maximum absolute atomic E-state index is 12.6. The van der Waals surface area contributed by atoms with Gasteiger partial charge in [-0.05, 0) is 36.8 Å². The molecule has 140 valence electrons. The van der Waals surface area contributed by atoms with Crippen molar-refractivity contribution in [3.05, 3.63) is 59.6 Å². The zero-order valence-corrected chi connectivity index (χ0v) is 15.9. The highest BCUT2D eigenvalue weighted by Crippen LogP contribution is 2.24. The van der Waals surface area contributed by atoms with Crippen LogP contribution in [0.2, 0.25) is 0 Å². The van der Waals surface area contributed by atoms with E-state index in [0.29, 0.717) is 28.6 Å². The van der Waals surface area contributed by atoms with Crippen molar-refractivity contribution in [3.63, 3.8) is 0 Å². The molecule has 2 amide bonds. The van der Waals surface area contributed by atoms with Gasteiger partial charge in [0.1, 0.15) is 11.4 Å². The van der Waals surface area contributed by atoms with E-state index in [2.05, 4.69) is 20.4 Å². The van der Waals surface area contributed by atoms with Crippen LogP contribution in [0.3, 0.4) is 0 Å². The number of hydrazone groups is 1. The maximum atomic E-state index is 12.6. The molecule has 1 aliphatic rings. The largest absolute Gasteiger partial charge is 0.297 e. The van der Waals surface area contributed by atoms with Crippen molar-refractivity contribution in [3.8, 4) is 11.4 Å². The fourth-order valence-electron chi connectivity index (χ4n) is 2.81. The summed E-state index contributed by atoms with van der Waals surface area (Å²) in [7, 11) is 0. The van der Waals surface area contributed by atoms with Crippen LogP contribution in [0.1, 0.15) is 18.4 Å².